The average molecular weight is 152 g/mol. The fourth-order valence-electron chi connectivity index (χ4n) is 0.980. The lowest BCUT2D eigenvalue weighted by Crippen LogP contribution is -2.08. The fourth-order valence-corrected chi connectivity index (χ4v) is 0.980. The molecule has 2 heteroatoms. The number of carbonyl (C=O) groups is 1. The molecule has 60 valence electrons. The van der Waals surface area contributed by atoms with Gasteiger partial charge in [0.1, 0.15) is 6.10 Å². The van der Waals surface area contributed by atoms with Crippen LogP contribution < -0.4 is 0 Å². The number of carbonyl (C=O) groups excluding carboxylic acids is 1. The standard InChI is InChI=1S/C9H12O2/c1-7(8(2)10)6-9-4-3-5-11-9/h3,5,9H,1,4,6H2,2H3. The second-order valence-corrected chi connectivity index (χ2v) is 2.73. The van der Waals surface area contributed by atoms with E-state index in [1.807, 2.05) is 6.08 Å². The molecule has 0 amide bonds. The molecule has 1 rings (SSSR count). The van der Waals surface area contributed by atoms with Gasteiger partial charge in [0.05, 0.1) is 6.26 Å². The van der Waals surface area contributed by atoms with Crippen LogP contribution in [0.4, 0.5) is 0 Å². The molecule has 1 aliphatic rings. The van der Waals surface area contributed by atoms with Gasteiger partial charge in [-0.05, 0) is 18.6 Å². The first-order chi connectivity index (χ1) is 5.20. The predicted octanol–water partition coefficient (Wildman–Crippen LogP) is 1.82. The molecule has 0 fully saturated rings. The lowest BCUT2D eigenvalue weighted by Gasteiger charge is -2.09. The van der Waals surface area contributed by atoms with E-state index in [-0.39, 0.29) is 11.9 Å². The van der Waals surface area contributed by atoms with E-state index < -0.39 is 0 Å². The Balaban J connectivity index is 2.31. The number of ketones is 1. The molecule has 0 aromatic carbocycles. The highest BCUT2D eigenvalue weighted by atomic mass is 16.5. The number of hydrogen-bond acceptors (Lipinski definition) is 2. The first-order valence-corrected chi connectivity index (χ1v) is 3.69. The fraction of sp³-hybridized carbons (Fsp3) is 0.444. The van der Waals surface area contributed by atoms with Crippen LogP contribution in [0.15, 0.2) is 24.5 Å². The lowest BCUT2D eigenvalue weighted by molar-refractivity contribution is -0.113. The van der Waals surface area contributed by atoms with E-state index in [1.165, 1.54) is 6.92 Å². The summed E-state index contributed by atoms with van der Waals surface area (Å²) in [4.78, 5) is 10.8. The van der Waals surface area contributed by atoms with Crippen molar-refractivity contribution in [2.75, 3.05) is 0 Å². The molecule has 1 heterocycles. The molecule has 0 aromatic rings. The second kappa shape index (κ2) is 3.37. The summed E-state index contributed by atoms with van der Waals surface area (Å²) in [7, 11) is 0. The van der Waals surface area contributed by atoms with Gasteiger partial charge in [0, 0.05) is 12.8 Å². The smallest absolute Gasteiger partial charge is 0.155 e. The van der Waals surface area contributed by atoms with Gasteiger partial charge in [-0.25, -0.2) is 0 Å². The summed E-state index contributed by atoms with van der Waals surface area (Å²) in [6, 6.07) is 0. The van der Waals surface area contributed by atoms with Gasteiger partial charge in [0.2, 0.25) is 0 Å². The van der Waals surface area contributed by atoms with Crippen molar-refractivity contribution in [1.29, 1.82) is 0 Å². The third-order valence-electron chi connectivity index (χ3n) is 1.74. The molecule has 0 radical (unpaired) electrons. The van der Waals surface area contributed by atoms with Gasteiger partial charge in [0.25, 0.3) is 0 Å². The first-order valence-electron chi connectivity index (χ1n) is 3.69. The van der Waals surface area contributed by atoms with Gasteiger partial charge in [-0.1, -0.05) is 6.58 Å². The Hall–Kier alpha value is -1.05. The normalized spacial score (nSPS) is 21.4. The number of Topliss-reactive ketones (excluding diaryl/α,β-unsaturated/α-hetero) is 1. The summed E-state index contributed by atoms with van der Waals surface area (Å²) < 4.78 is 5.18. The van der Waals surface area contributed by atoms with Crippen molar-refractivity contribution in [2.24, 2.45) is 0 Å². The Kier molecular flexibility index (Phi) is 2.47. The SMILES string of the molecule is C=C(CC1CC=CO1)C(C)=O. The van der Waals surface area contributed by atoms with Crippen LogP contribution in [0.2, 0.25) is 0 Å². The highest BCUT2D eigenvalue weighted by molar-refractivity contribution is 5.92. The Morgan fingerprint density at radius 2 is 2.55 bits per heavy atom. The van der Waals surface area contributed by atoms with Crippen molar-refractivity contribution in [3.05, 3.63) is 24.5 Å². The Bertz CT molecular complexity index is 196. The molecule has 0 saturated carbocycles. The van der Waals surface area contributed by atoms with Gasteiger partial charge >= 0.3 is 0 Å². The van der Waals surface area contributed by atoms with Crippen LogP contribution in [0.3, 0.4) is 0 Å². The summed E-state index contributed by atoms with van der Waals surface area (Å²) in [6.45, 7) is 5.19. The summed E-state index contributed by atoms with van der Waals surface area (Å²) in [5, 5.41) is 0. The summed E-state index contributed by atoms with van der Waals surface area (Å²) >= 11 is 0. The van der Waals surface area contributed by atoms with Gasteiger partial charge in [-0.15, -0.1) is 0 Å². The van der Waals surface area contributed by atoms with Crippen LogP contribution in [0.5, 0.6) is 0 Å². The molecule has 0 aromatic heterocycles. The van der Waals surface area contributed by atoms with E-state index in [1.54, 1.807) is 6.26 Å². The third kappa shape index (κ3) is 2.22. The van der Waals surface area contributed by atoms with E-state index >= 15 is 0 Å². The minimum Gasteiger partial charge on any atom is -0.498 e. The van der Waals surface area contributed by atoms with E-state index in [2.05, 4.69) is 6.58 Å². The predicted molar refractivity (Wildman–Crippen MR) is 43.1 cm³/mol. The number of ether oxygens (including phenoxy) is 1. The van der Waals surface area contributed by atoms with Crippen molar-refractivity contribution in [3.63, 3.8) is 0 Å². The zero-order chi connectivity index (χ0) is 8.27. The monoisotopic (exact) mass is 152 g/mol. The quantitative estimate of drug-likeness (QED) is 0.576. The highest BCUT2D eigenvalue weighted by Gasteiger charge is 2.14. The van der Waals surface area contributed by atoms with Crippen LogP contribution in [-0.2, 0) is 9.53 Å². The topological polar surface area (TPSA) is 26.3 Å². The summed E-state index contributed by atoms with van der Waals surface area (Å²) in [5.41, 5.74) is 0.652. The Morgan fingerprint density at radius 3 is 3.00 bits per heavy atom. The maximum atomic E-state index is 10.8. The molecule has 0 aliphatic carbocycles. The number of hydrogen-bond donors (Lipinski definition) is 0. The molecule has 0 N–H and O–H groups in total. The van der Waals surface area contributed by atoms with Gasteiger partial charge < -0.3 is 4.74 Å². The molecule has 1 atom stereocenters. The Morgan fingerprint density at radius 1 is 1.82 bits per heavy atom. The lowest BCUT2D eigenvalue weighted by atomic mass is 10.1. The van der Waals surface area contributed by atoms with Crippen molar-refractivity contribution in [3.8, 4) is 0 Å². The molecular weight excluding hydrogens is 140 g/mol. The van der Waals surface area contributed by atoms with Crippen molar-refractivity contribution >= 4 is 5.78 Å². The zero-order valence-electron chi connectivity index (χ0n) is 6.67. The molecular formula is C9H12O2. The van der Waals surface area contributed by atoms with Crippen LogP contribution in [-0.4, -0.2) is 11.9 Å². The van der Waals surface area contributed by atoms with E-state index in [0.717, 1.165) is 6.42 Å². The van der Waals surface area contributed by atoms with E-state index in [9.17, 15) is 4.79 Å². The highest BCUT2D eigenvalue weighted by Crippen LogP contribution is 2.16. The average Bonchev–Trinajstić information content (AvgIpc) is 2.39. The third-order valence-corrected chi connectivity index (χ3v) is 1.74. The Labute approximate surface area is 66.5 Å². The minimum atomic E-state index is 0.0560. The van der Waals surface area contributed by atoms with Gasteiger partial charge in [-0.3, -0.25) is 4.79 Å². The largest absolute Gasteiger partial charge is 0.498 e. The van der Waals surface area contributed by atoms with Crippen LogP contribution in [0, 0.1) is 0 Å². The van der Waals surface area contributed by atoms with Crippen molar-refractivity contribution in [1.82, 2.24) is 0 Å². The molecule has 0 spiro atoms. The zero-order valence-corrected chi connectivity index (χ0v) is 6.67. The maximum absolute atomic E-state index is 10.8. The van der Waals surface area contributed by atoms with E-state index in [0.29, 0.717) is 12.0 Å². The van der Waals surface area contributed by atoms with Crippen LogP contribution >= 0.6 is 0 Å². The molecule has 1 unspecified atom stereocenters. The van der Waals surface area contributed by atoms with E-state index in [4.69, 9.17) is 4.74 Å². The molecule has 1 aliphatic heterocycles. The minimum absolute atomic E-state index is 0.0560. The summed E-state index contributed by atoms with van der Waals surface area (Å²) in [5.74, 6) is 0.0560. The summed E-state index contributed by atoms with van der Waals surface area (Å²) in [6.07, 6.45) is 5.33. The molecule has 0 bridgehead atoms. The molecule has 0 saturated heterocycles. The van der Waals surface area contributed by atoms with Crippen molar-refractivity contribution < 1.29 is 9.53 Å². The second-order valence-electron chi connectivity index (χ2n) is 2.73. The van der Waals surface area contributed by atoms with Gasteiger partial charge in [-0.2, -0.15) is 0 Å². The maximum Gasteiger partial charge on any atom is 0.155 e. The van der Waals surface area contributed by atoms with Crippen molar-refractivity contribution in [2.45, 2.75) is 25.9 Å². The van der Waals surface area contributed by atoms with Crippen LogP contribution in [0.1, 0.15) is 19.8 Å². The number of rotatable bonds is 3. The van der Waals surface area contributed by atoms with Gasteiger partial charge in [0.15, 0.2) is 5.78 Å². The molecule has 11 heavy (non-hydrogen) atoms. The molecule has 2 nitrogen and oxygen atoms in total. The van der Waals surface area contributed by atoms with Crippen LogP contribution in [0.25, 0.3) is 0 Å². The first kappa shape index (κ1) is 8.05.